The van der Waals surface area contributed by atoms with Gasteiger partial charge in [-0.3, -0.25) is 9.69 Å². The van der Waals surface area contributed by atoms with E-state index in [0.717, 1.165) is 35.0 Å². The van der Waals surface area contributed by atoms with Gasteiger partial charge in [0.25, 0.3) is 0 Å². The SMILES string of the molecule is Cc1cccc(C(c2cccc(Br)c2)N2CCCCC2C(=O)O)c1. The van der Waals surface area contributed by atoms with Crippen LogP contribution in [-0.4, -0.2) is 28.6 Å². The summed E-state index contributed by atoms with van der Waals surface area (Å²) in [5.41, 5.74) is 3.47. The topological polar surface area (TPSA) is 40.5 Å². The molecule has 0 aromatic heterocycles. The first-order valence-corrected chi connectivity index (χ1v) is 9.16. The second kappa shape index (κ2) is 7.49. The number of benzene rings is 2. The molecule has 0 aliphatic carbocycles. The van der Waals surface area contributed by atoms with Crippen LogP contribution in [0.5, 0.6) is 0 Å². The second-order valence-corrected chi connectivity index (χ2v) is 7.37. The molecule has 1 saturated heterocycles. The Morgan fingerprint density at radius 3 is 2.54 bits per heavy atom. The van der Waals surface area contributed by atoms with Crippen molar-refractivity contribution in [2.45, 2.75) is 38.3 Å². The maximum atomic E-state index is 11.8. The van der Waals surface area contributed by atoms with Gasteiger partial charge in [0.1, 0.15) is 6.04 Å². The number of hydrogen-bond donors (Lipinski definition) is 1. The summed E-state index contributed by atoms with van der Waals surface area (Å²) in [5.74, 6) is -0.720. The average molecular weight is 388 g/mol. The van der Waals surface area contributed by atoms with Crippen molar-refractivity contribution in [2.75, 3.05) is 6.54 Å². The van der Waals surface area contributed by atoms with Gasteiger partial charge in [-0.05, 0) is 49.6 Å². The number of aryl methyl sites for hydroxylation is 1. The van der Waals surface area contributed by atoms with Gasteiger partial charge < -0.3 is 5.11 Å². The van der Waals surface area contributed by atoms with Gasteiger partial charge in [0.2, 0.25) is 0 Å². The van der Waals surface area contributed by atoms with Gasteiger partial charge in [0.05, 0.1) is 6.04 Å². The van der Waals surface area contributed by atoms with E-state index in [1.807, 2.05) is 12.1 Å². The number of carboxylic acids is 1. The lowest BCUT2D eigenvalue weighted by Crippen LogP contribution is -2.46. The van der Waals surface area contributed by atoms with Crippen LogP contribution in [0.15, 0.2) is 53.0 Å². The molecule has 126 valence electrons. The third-order valence-corrected chi connectivity index (χ3v) is 5.18. The highest BCUT2D eigenvalue weighted by atomic mass is 79.9. The normalized spacial score (nSPS) is 19.8. The molecule has 2 atom stereocenters. The monoisotopic (exact) mass is 387 g/mol. The molecule has 2 unspecified atom stereocenters. The molecule has 1 aliphatic rings. The number of carbonyl (C=O) groups is 1. The molecule has 1 aliphatic heterocycles. The van der Waals surface area contributed by atoms with Crippen LogP contribution in [0.3, 0.4) is 0 Å². The molecular formula is C20H22BrNO2. The van der Waals surface area contributed by atoms with Crippen LogP contribution in [-0.2, 0) is 4.79 Å². The highest BCUT2D eigenvalue weighted by molar-refractivity contribution is 9.10. The molecule has 1 heterocycles. The van der Waals surface area contributed by atoms with Crippen LogP contribution in [0.4, 0.5) is 0 Å². The van der Waals surface area contributed by atoms with Crippen molar-refractivity contribution >= 4 is 21.9 Å². The number of likely N-dealkylation sites (tertiary alicyclic amines) is 1. The number of halogens is 1. The summed E-state index contributed by atoms with van der Waals surface area (Å²) < 4.78 is 1.02. The first-order valence-electron chi connectivity index (χ1n) is 8.37. The summed E-state index contributed by atoms with van der Waals surface area (Å²) in [4.78, 5) is 14.0. The summed E-state index contributed by atoms with van der Waals surface area (Å²) in [6, 6.07) is 16.1. The van der Waals surface area contributed by atoms with Crippen LogP contribution in [0, 0.1) is 6.92 Å². The first-order chi connectivity index (χ1) is 11.6. The van der Waals surface area contributed by atoms with Crippen LogP contribution in [0.25, 0.3) is 0 Å². The zero-order valence-corrected chi connectivity index (χ0v) is 15.4. The van der Waals surface area contributed by atoms with Gasteiger partial charge >= 0.3 is 5.97 Å². The second-order valence-electron chi connectivity index (χ2n) is 6.46. The van der Waals surface area contributed by atoms with Crippen LogP contribution in [0.1, 0.15) is 42.0 Å². The summed E-state index contributed by atoms with van der Waals surface area (Å²) in [6.45, 7) is 2.88. The number of piperidine rings is 1. The minimum atomic E-state index is -0.720. The van der Waals surface area contributed by atoms with Gasteiger partial charge in [-0.2, -0.15) is 0 Å². The zero-order chi connectivity index (χ0) is 17.1. The van der Waals surface area contributed by atoms with E-state index in [1.54, 1.807) is 0 Å². The molecule has 0 spiro atoms. The van der Waals surface area contributed by atoms with Crippen molar-refractivity contribution in [2.24, 2.45) is 0 Å². The van der Waals surface area contributed by atoms with Crippen LogP contribution >= 0.6 is 15.9 Å². The Morgan fingerprint density at radius 2 is 1.88 bits per heavy atom. The van der Waals surface area contributed by atoms with E-state index in [2.05, 4.69) is 64.2 Å². The number of aliphatic carboxylic acids is 1. The molecule has 4 heteroatoms. The number of rotatable bonds is 4. The predicted octanol–water partition coefficient (Wildman–Crippen LogP) is 4.79. The molecular weight excluding hydrogens is 366 g/mol. The maximum Gasteiger partial charge on any atom is 0.320 e. The van der Waals surface area contributed by atoms with Crippen LogP contribution < -0.4 is 0 Å². The number of nitrogens with zero attached hydrogens (tertiary/aromatic N) is 1. The van der Waals surface area contributed by atoms with Gasteiger partial charge in [-0.25, -0.2) is 0 Å². The standard InChI is InChI=1S/C20H22BrNO2/c1-14-6-4-7-15(12-14)19(16-8-5-9-17(21)13-16)22-11-3-2-10-18(22)20(23)24/h4-9,12-13,18-19H,2-3,10-11H2,1H3,(H,23,24). The smallest absolute Gasteiger partial charge is 0.320 e. The van der Waals surface area contributed by atoms with E-state index in [0.29, 0.717) is 6.42 Å². The Kier molecular flexibility index (Phi) is 5.36. The molecule has 0 saturated carbocycles. The summed E-state index contributed by atoms with van der Waals surface area (Å²) in [5, 5.41) is 9.71. The van der Waals surface area contributed by atoms with E-state index in [-0.39, 0.29) is 6.04 Å². The Bertz CT molecular complexity index is 686. The zero-order valence-electron chi connectivity index (χ0n) is 13.8. The van der Waals surface area contributed by atoms with E-state index >= 15 is 0 Å². The molecule has 1 fully saturated rings. The van der Waals surface area contributed by atoms with Gasteiger partial charge in [-0.15, -0.1) is 0 Å². The highest BCUT2D eigenvalue weighted by Crippen LogP contribution is 2.35. The molecule has 0 amide bonds. The van der Waals surface area contributed by atoms with E-state index in [1.165, 1.54) is 5.56 Å². The average Bonchev–Trinajstić information content (AvgIpc) is 2.56. The van der Waals surface area contributed by atoms with Gasteiger partial charge in [-0.1, -0.05) is 64.3 Å². The van der Waals surface area contributed by atoms with E-state index in [4.69, 9.17) is 0 Å². The Morgan fingerprint density at radius 1 is 1.17 bits per heavy atom. The summed E-state index contributed by atoms with van der Waals surface area (Å²) in [6.07, 6.45) is 2.73. The minimum absolute atomic E-state index is 0.0381. The first kappa shape index (κ1) is 17.2. The van der Waals surface area contributed by atoms with Crippen molar-refractivity contribution < 1.29 is 9.90 Å². The molecule has 24 heavy (non-hydrogen) atoms. The van der Waals surface area contributed by atoms with Crippen molar-refractivity contribution in [3.8, 4) is 0 Å². The van der Waals surface area contributed by atoms with Crippen molar-refractivity contribution in [1.82, 2.24) is 4.90 Å². The quantitative estimate of drug-likeness (QED) is 0.819. The minimum Gasteiger partial charge on any atom is -0.480 e. The van der Waals surface area contributed by atoms with Crippen molar-refractivity contribution in [3.63, 3.8) is 0 Å². The molecule has 0 bridgehead atoms. The molecule has 0 radical (unpaired) electrons. The van der Waals surface area contributed by atoms with E-state index < -0.39 is 12.0 Å². The van der Waals surface area contributed by atoms with Gasteiger partial charge in [0.15, 0.2) is 0 Å². The Balaban J connectivity index is 2.09. The predicted molar refractivity (Wildman–Crippen MR) is 99.1 cm³/mol. The third kappa shape index (κ3) is 3.70. The lowest BCUT2D eigenvalue weighted by molar-refractivity contribution is -0.145. The lowest BCUT2D eigenvalue weighted by atomic mass is 9.91. The van der Waals surface area contributed by atoms with Crippen molar-refractivity contribution in [1.29, 1.82) is 0 Å². The lowest BCUT2D eigenvalue weighted by Gasteiger charge is -2.39. The molecule has 2 aromatic carbocycles. The maximum absolute atomic E-state index is 11.8. The molecule has 3 nitrogen and oxygen atoms in total. The fraction of sp³-hybridized carbons (Fsp3) is 0.350. The highest BCUT2D eigenvalue weighted by Gasteiger charge is 2.35. The fourth-order valence-electron chi connectivity index (χ4n) is 3.62. The third-order valence-electron chi connectivity index (χ3n) is 4.68. The molecule has 2 aromatic rings. The number of hydrogen-bond acceptors (Lipinski definition) is 2. The molecule has 1 N–H and O–H groups in total. The molecule has 3 rings (SSSR count). The van der Waals surface area contributed by atoms with Gasteiger partial charge in [0, 0.05) is 4.47 Å². The van der Waals surface area contributed by atoms with Crippen molar-refractivity contribution in [3.05, 3.63) is 69.7 Å². The summed E-state index contributed by atoms with van der Waals surface area (Å²) >= 11 is 3.55. The van der Waals surface area contributed by atoms with Crippen LogP contribution in [0.2, 0.25) is 0 Å². The van der Waals surface area contributed by atoms with E-state index in [9.17, 15) is 9.90 Å². The largest absolute Gasteiger partial charge is 0.480 e. The number of carboxylic acid groups (broad SMARTS) is 1. The summed E-state index contributed by atoms with van der Waals surface area (Å²) in [7, 11) is 0. The Hall–Kier alpha value is -1.65. The Labute approximate surface area is 151 Å². The fourth-order valence-corrected chi connectivity index (χ4v) is 4.04.